The molecule has 2 rings (SSSR count). The highest BCUT2D eigenvalue weighted by atomic mass is 35.5. The van der Waals surface area contributed by atoms with Crippen LogP contribution >= 0.6 is 46.6 Å². The summed E-state index contributed by atoms with van der Waals surface area (Å²) in [7, 11) is 0. The average Bonchev–Trinajstić information content (AvgIpc) is 2.40. The zero-order chi connectivity index (χ0) is 14.7. The van der Waals surface area contributed by atoms with Crippen molar-refractivity contribution < 1.29 is 0 Å². The molecule has 0 bridgehead atoms. The first kappa shape index (κ1) is 16.0. The highest BCUT2D eigenvalue weighted by Crippen LogP contribution is 2.43. The molecule has 2 unspecified atom stereocenters. The first-order chi connectivity index (χ1) is 9.49. The van der Waals surface area contributed by atoms with E-state index in [2.05, 4.69) is 0 Å². The molecule has 0 heterocycles. The lowest BCUT2D eigenvalue weighted by molar-refractivity contribution is 0.721. The topological polar surface area (TPSA) is 26.0 Å². The number of halogens is 3. The van der Waals surface area contributed by atoms with Gasteiger partial charge in [0.1, 0.15) is 0 Å². The van der Waals surface area contributed by atoms with E-state index in [1.165, 1.54) is 0 Å². The Kier molecular flexibility index (Phi) is 5.65. The van der Waals surface area contributed by atoms with Crippen molar-refractivity contribution in [3.63, 3.8) is 0 Å². The maximum absolute atomic E-state index is 6.27. The molecule has 0 amide bonds. The summed E-state index contributed by atoms with van der Waals surface area (Å²) < 4.78 is 0. The summed E-state index contributed by atoms with van der Waals surface area (Å²) in [4.78, 5) is 0.904. The fourth-order valence-electron chi connectivity index (χ4n) is 1.86. The lowest BCUT2D eigenvalue weighted by Gasteiger charge is -2.22. The normalized spacial score (nSPS) is 14.1. The van der Waals surface area contributed by atoms with Crippen molar-refractivity contribution in [2.24, 2.45) is 5.73 Å². The van der Waals surface area contributed by atoms with Gasteiger partial charge in [-0.25, -0.2) is 0 Å². The summed E-state index contributed by atoms with van der Waals surface area (Å²) >= 11 is 20.1. The van der Waals surface area contributed by atoms with Crippen molar-refractivity contribution in [1.29, 1.82) is 0 Å². The molecule has 0 aromatic heterocycles. The molecule has 0 aliphatic rings. The molecule has 2 N–H and O–H groups in total. The first-order valence-corrected chi connectivity index (χ1v) is 8.12. The number of nitrogens with two attached hydrogens (primary N) is 1. The molecule has 0 aliphatic heterocycles. The van der Waals surface area contributed by atoms with E-state index in [1.54, 1.807) is 23.9 Å². The fraction of sp³-hybridized carbons (Fsp3) is 0.200. The smallest absolute Gasteiger partial charge is 0.0543 e. The molecule has 5 heteroatoms. The van der Waals surface area contributed by atoms with Crippen LogP contribution in [0.1, 0.15) is 17.7 Å². The molecule has 2 aromatic carbocycles. The minimum absolute atomic E-state index is 0.0136. The molecule has 0 fully saturated rings. The average molecular weight is 347 g/mol. The van der Waals surface area contributed by atoms with Crippen molar-refractivity contribution in [1.82, 2.24) is 0 Å². The summed E-state index contributed by atoms with van der Waals surface area (Å²) in [5.74, 6) is 0. The third kappa shape index (κ3) is 3.84. The zero-order valence-corrected chi connectivity index (χ0v) is 13.9. The SMILES string of the molecule is CC(N)C(Sc1cc(Cl)ccc1Cl)c1ccccc1Cl. The highest BCUT2D eigenvalue weighted by Gasteiger charge is 2.21. The van der Waals surface area contributed by atoms with Gasteiger partial charge in [-0.3, -0.25) is 0 Å². The summed E-state index contributed by atoms with van der Waals surface area (Å²) in [5.41, 5.74) is 7.12. The van der Waals surface area contributed by atoms with Crippen molar-refractivity contribution >= 4 is 46.6 Å². The summed E-state index contributed by atoms with van der Waals surface area (Å²) in [5, 5.41) is 2.04. The Hall–Kier alpha value is -0.380. The van der Waals surface area contributed by atoms with Crippen LogP contribution in [0.2, 0.25) is 15.1 Å². The Balaban J connectivity index is 2.36. The molecule has 1 nitrogen and oxygen atoms in total. The van der Waals surface area contributed by atoms with E-state index < -0.39 is 0 Å². The Bertz CT molecular complexity index is 601. The second-order valence-electron chi connectivity index (χ2n) is 4.49. The maximum atomic E-state index is 6.27. The van der Waals surface area contributed by atoms with Crippen LogP contribution in [0.3, 0.4) is 0 Å². The van der Waals surface area contributed by atoms with Crippen LogP contribution in [0.25, 0.3) is 0 Å². The molecule has 106 valence electrons. The van der Waals surface area contributed by atoms with Crippen molar-refractivity contribution in [3.05, 3.63) is 63.1 Å². The molecule has 20 heavy (non-hydrogen) atoms. The lowest BCUT2D eigenvalue weighted by Crippen LogP contribution is -2.22. The molecule has 0 radical (unpaired) electrons. The first-order valence-electron chi connectivity index (χ1n) is 6.10. The van der Waals surface area contributed by atoms with Gasteiger partial charge in [0.15, 0.2) is 0 Å². The summed E-state index contributed by atoms with van der Waals surface area (Å²) in [6, 6.07) is 13.0. The van der Waals surface area contributed by atoms with Crippen LogP contribution in [0, 0.1) is 0 Å². The van der Waals surface area contributed by atoms with Crippen molar-refractivity contribution in [3.8, 4) is 0 Å². The van der Waals surface area contributed by atoms with Gasteiger partial charge in [0, 0.05) is 21.0 Å². The molecule has 0 saturated heterocycles. The van der Waals surface area contributed by atoms with Gasteiger partial charge in [-0.1, -0.05) is 53.0 Å². The van der Waals surface area contributed by atoms with Crippen LogP contribution in [0.5, 0.6) is 0 Å². The van der Waals surface area contributed by atoms with Crippen LogP contribution in [0.15, 0.2) is 47.4 Å². The van der Waals surface area contributed by atoms with Gasteiger partial charge in [0.05, 0.1) is 10.3 Å². The molecule has 0 aliphatic carbocycles. The van der Waals surface area contributed by atoms with Gasteiger partial charge in [-0.15, -0.1) is 11.8 Å². The third-order valence-electron chi connectivity index (χ3n) is 2.84. The third-order valence-corrected chi connectivity index (χ3v) is 5.39. The molecule has 2 atom stereocenters. The standard InChI is InChI=1S/C15H14Cl3NS/c1-9(19)15(11-4-2-3-5-12(11)17)20-14-8-10(16)6-7-13(14)18/h2-9,15H,19H2,1H3. The number of rotatable bonds is 4. The van der Waals surface area contributed by atoms with Crippen molar-refractivity contribution in [2.75, 3.05) is 0 Å². The molecule has 2 aromatic rings. The predicted octanol–water partition coefficient (Wildman–Crippen LogP) is 5.83. The Morgan fingerprint density at radius 1 is 1.00 bits per heavy atom. The molecular weight excluding hydrogens is 333 g/mol. The number of thioether (sulfide) groups is 1. The molecule has 0 saturated carbocycles. The van der Waals surface area contributed by atoms with Gasteiger partial charge >= 0.3 is 0 Å². The lowest BCUT2D eigenvalue weighted by atomic mass is 10.1. The Labute approximate surface area is 138 Å². The minimum Gasteiger partial charge on any atom is -0.327 e. The Morgan fingerprint density at radius 2 is 1.70 bits per heavy atom. The predicted molar refractivity (Wildman–Crippen MR) is 90.2 cm³/mol. The number of hydrogen-bond donors (Lipinski definition) is 1. The highest BCUT2D eigenvalue weighted by molar-refractivity contribution is 7.99. The summed E-state index contributed by atoms with van der Waals surface area (Å²) in [6.45, 7) is 1.96. The maximum Gasteiger partial charge on any atom is 0.0543 e. The van der Waals surface area contributed by atoms with Crippen LogP contribution in [0.4, 0.5) is 0 Å². The quantitative estimate of drug-likeness (QED) is 0.705. The van der Waals surface area contributed by atoms with Gasteiger partial charge in [0.2, 0.25) is 0 Å². The van der Waals surface area contributed by atoms with Gasteiger partial charge in [0.25, 0.3) is 0 Å². The molecule has 0 spiro atoms. The van der Waals surface area contributed by atoms with E-state index in [0.717, 1.165) is 10.5 Å². The number of hydrogen-bond acceptors (Lipinski definition) is 2. The van der Waals surface area contributed by atoms with E-state index in [4.69, 9.17) is 40.5 Å². The van der Waals surface area contributed by atoms with Crippen molar-refractivity contribution in [2.45, 2.75) is 23.1 Å². The minimum atomic E-state index is -0.0741. The van der Waals surface area contributed by atoms with Crippen LogP contribution < -0.4 is 5.73 Å². The largest absolute Gasteiger partial charge is 0.327 e. The van der Waals surface area contributed by atoms with E-state index in [1.807, 2.05) is 37.3 Å². The second kappa shape index (κ2) is 7.06. The number of benzene rings is 2. The van der Waals surface area contributed by atoms with Gasteiger partial charge in [-0.2, -0.15) is 0 Å². The van der Waals surface area contributed by atoms with E-state index >= 15 is 0 Å². The molecular formula is C15H14Cl3NS. The van der Waals surface area contributed by atoms with Crippen LogP contribution in [-0.2, 0) is 0 Å². The van der Waals surface area contributed by atoms with Gasteiger partial charge < -0.3 is 5.73 Å². The van der Waals surface area contributed by atoms with E-state index in [9.17, 15) is 0 Å². The van der Waals surface area contributed by atoms with Gasteiger partial charge in [-0.05, 0) is 36.8 Å². The zero-order valence-electron chi connectivity index (χ0n) is 10.8. The monoisotopic (exact) mass is 345 g/mol. The fourth-order valence-corrected chi connectivity index (χ4v) is 3.87. The van der Waals surface area contributed by atoms with E-state index in [-0.39, 0.29) is 11.3 Å². The van der Waals surface area contributed by atoms with Crippen LogP contribution in [-0.4, -0.2) is 6.04 Å². The second-order valence-corrected chi connectivity index (χ2v) is 6.93. The Morgan fingerprint density at radius 3 is 2.35 bits per heavy atom. The van der Waals surface area contributed by atoms with E-state index in [0.29, 0.717) is 15.1 Å². The summed E-state index contributed by atoms with van der Waals surface area (Å²) in [6.07, 6.45) is 0.